The Bertz CT molecular complexity index is 2060. The number of anilines is 1. The highest BCUT2D eigenvalue weighted by Crippen LogP contribution is 2.49. The van der Waals surface area contributed by atoms with Crippen LogP contribution in [-0.4, -0.2) is 85.3 Å². The van der Waals surface area contributed by atoms with Crippen molar-refractivity contribution in [3.05, 3.63) is 84.7 Å². The number of aromatic nitrogens is 4. The van der Waals surface area contributed by atoms with E-state index < -0.39 is 56.5 Å². The maximum Gasteiger partial charge on any atom is 0.459 e. The van der Waals surface area contributed by atoms with Gasteiger partial charge < -0.3 is 34.7 Å². The number of nitrogens with one attached hydrogen (secondary N) is 1. The summed E-state index contributed by atoms with van der Waals surface area (Å²) in [6.45, 7) is 2.60. The first-order valence-electron chi connectivity index (χ1n) is 16.5. The summed E-state index contributed by atoms with van der Waals surface area (Å²) in [5, 5.41) is 27.2. The zero-order valence-electron chi connectivity index (χ0n) is 29.0. The molecule has 0 bridgehead atoms. The van der Waals surface area contributed by atoms with Gasteiger partial charge >= 0.3 is 13.7 Å². The molecule has 5 aromatic rings. The third kappa shape index (κ3) is 7.88. The molecule has 0 radical (unpaired) electrons. The molecule has 15 nitrogen and oxygen atoms in total. The molecule has 1 aliphatic heterocycles. The molecule has 0 aliphatic carbocycles. The highest BCUT2D eigenvalue weighted by molar-refractivity contribution is 7.98. The van der Waals surface area contributed by atoms with Gasteiger partial charge in [-0.05, 0) is 49.3 Å². The number of rotatable bonds is 15. The van der Waals surface area contributed by atoms with E-state index in [1.54, 1.807) is 19.1 Å². The minimum absolute atomic E-state index is 0.102. The van der Waals surface area contributed by atoms with Gasteiger partial charge in [0, 0.05) is 5.39 Å². The number of carbonyl (C=O) groups is 1. The molecule has 5 N–H and O–H groups in total. The van der Waals surface area contributed by atoms with Crippen LogP contribution in [0.2, 0.25) is 0 Å². The van der Waals surface area contributed by atoms with Gasteiger partial charge in [0.05, 0.1) is 20.0 Å². The molecule has 1 aliphatic rings. The van der Waals surface area contributed by atoms with E-state index in [-0.39, 0.29) is 35.2 Å². The number of hydrogen-bond acceptors (Lipinski definition) is 14. The highest BCUT2D eigenvalue weighted by atomic mass is 32.2. The van der Waals surface area contributed by atoms with Gasteiger partial charge in [-0.25, -0.2) is 9.55 Å². The zero-order chi connectivity index (χ0) is 37.0. The summed E-state index contributed by atoms with van der Waals surface area (Å²) in [6, 6.07) is 20.8. The van der Waals surface area contributed by atoms with Gasteiger partial charge in [-0.15, -0.1) is 0 Å². The number of aliphatic hydroxyl groups excluding tert-OH is 1. The van der Waals surface area contributed by atoms with Gasteiger partial charge in [0.1, 0.15) is 35.7 Å². The maximum atomic E-state index is 14.8. The van der Waals surface area contributed by atoms with Gasteiger partial charge in [-0.2, -0.15) is 26.8 Å². The molecule has 3 heterocycles. The fourth-order valence-corrected chi connectivity index (χ4v) is 8.00. The monoisotopic (exact) mass is 752 g/mol. The molecule has 3 aromatic carbocycles. The number of carbonyl (C=O) groups excluding carboxylic acids is 1. The van der Waals surface area contributed by atoms with Crippen LogP contribution in [0.1, 0.15) is 38.2 Å². The Morgan fingerprint density at radius 3 is 2.62 bits per heavy atom. The van der Waals surface area contributed by atoms with Gasteiger partial charge in [-0.1, -0.05) is 66.7 Å². The number of hydrogen-bond donors (Lipinski definition) is 4. The van der Waals surface area contributed by atoms with Crippen molar-refractivity contribution < 1.29 is 42.8 Å². The van der Waals surface area contributed by atoms with Crippen molar-refractivity contribution in [2.75, 3.05) is 31.5 Å². The average Bonchev–Trinajstić information content (AvgIpc) is 3.65. The summed E-state index contributed by atoms with van der Waals surface area (Å²) in [6.07, 6.45) is -1.15. The number of nitrogens with two attached hydrogens (primary N) is 1. The highest BCUT2D eigenvalue weighted by Gasteiger charge is 2.54. The van der Waals surface area contributed by atoms with Crippen molar-refractivity contribution >= 4 is 53.4 Å². The second kappa shape index (κ2) is 15.8. The number of esters is 1. The first-order valence-corrected chi connectivity index (χ1v) is 19.4. The molecule has 0 amide bonds. The van der Waals surface area contributed by atoms with Crippen LogP contribution in [0.15, 0.2) is 79.1 Å². The maximum absolute atomic E-state index is 14.8. The Morgan fingerprint density at radius 2 is 1.87 bits per heavy atom. The number of fused-ring (bicyclic) bond motifs is 2. The largest absolute Gasteiger partial charge is 0.479 e. The fraction of sp³-hybridized carbons (Fsp3) is 0.371. The quantitative estimate of drug-likeness (QED) is 0.0838. The fourth-order valence-electron chi connectivity index (χ4n) is 5.97. The summed E-state index contributed by atoms with van der Waals surface area (Å²) >= 11 is 1.50. The van der Waals surface area contributed by atoms with Crippen LogP contribution in [0.25, 0.3) is 21.9 Å². The number of methoxy groups -OCH3 is 1. The Labute approximate surface area is 304 Å². The summed E-state index contributed by atoms with van der Waals surface area (Å²) < 4.78 is 45.7. The molecule has 1 saturated heterocycles. The molecule has 6 rings (SSSR count). The Morgan fingerprint density at radius 1 is 1.13 bits per heavy atom. The van der Waals surface area contributed by atoms with E-state index in [2.05, 4.69) is 20.0 Å². The second-order valence-corrected chi connectivity index (χ2v) is 15.1. The van der Waals surface area contributed by atoms with Crippen molar-refractivity contribution in [3.8, 4) is 11.6 Å². The smallest absolute Gasteiger partial charge is 0.459 e. The molecule has 276 valence electrons. The van der Waals surface area contributed by atoms with Crippen LogP contribution in [0.5, 0.6) is 11.6 Å². The lowest BCUT2D eigenvalue weighted by atomic mass is 9.96. The van der Waals surface area contributed by atoms with Crippen LogP contribution in [0.4, 0.5) is 5.95 Å². The summed E-state index contributed by atoms with van der Waals surface area (Å²) in [4.78, 5) is 26.2. The van der Waals surface area contributed by atoms with Gasteiger partial charge in [0.25, 0.3) is 0 Å². The van der Waals surface area contributed by atoms with Gasteiger partial charge in [0.2, 0.25) is 11.8 Å². The molecule has 0 saturated carbocycles. The number of thioether (sulfide) groups is 1. The summed E-state index contributed by atoms with van der Waals surface area (Å²) in [5.41, 5.74) is 5.21. The normalized spacial score (nSPS) is 22.5. The standard InChI is InChI=1S/C35H41N6O9PS/c1-21(22-11-6-5-7-12-22)48-32(43)25(17-18-52-4)40-51(45,50-26-16-10-14-23-13-8-9-15-24(23)26)47-19-27-29(42)35(2,44)33(49-27)41-20-37-28-30(41)38-34(36)39-31(28)46-3/h5-16,20-21,25,27,29,33,42,44H,17-19H2,1-4H3,(H,40,45)(H2,36,38,39)/t21-,25-,27+,29+,33?,35+,51?/m0/s1. The zero-order valence-corrected chi connectivity index (χ0v) is 30.7. The lowest BCUT2D eigenvalue weighted by molar-refractivity contribution is -0.150. The third-order valence-corrected chi connectivity index (χ3v) is 11.0. The first-order chi connectivity index (χ1) is 24.9. The molecule has 0 spiro atoms. The van der Waals surface area contributed by atoms with Crippen molar-refractivity contribution in [2.24, 2.45) is 0 Å². The van der Waals surface area contributed by atoms with E-state index in [9.17, 15) is 19.6 Å². The van der Waals surface area contributed by atoms with Crippen LogP contribution in [0, 0.1) is 0 Å². The number of benzene rings is 3. The Kier molecular flexibility index (Phi) is 11.4. The molecular weight excluding hydrogens is 711 g/mol. The van der Waals surface area contributed by atoms with Crippen molar-refractivity contribution in [1.29, 1.82) is 0 Å². The van der Waals surface area contributed by atoms with E-state index in [0.29, 0.717) is 11.1 Å². The summed E-state index contributed by atoms with van der Waals surface area (Å²) in [7, 11) is -3.07. The summed E-state index contributed by atoms with van der Waals surface area (Å²) in [5.74, 6) is 0.115. The molecule has 17 heteroatoms. The van der Waals surface area contributed by atoms with E-state index in [1.165, 1.54) is 36.7 Å². The lowest BCUT2D eigenvalue weighted by Gasteiger charge is -2.28. The Balaban J connectivity index is 1.28. The minimum Gasteiger partial charge on any atom is -0.479 e. The van der Waals surface area contributed by atoms with Crippen LogP contribution in [0.3, 0.4) is 0 Å². The van der Waals surface area contributed by atoms with E-state index in [4.69, 9.17) is 29.0 Å². The van der Waals surface area contributed by atoms with E-state index >= 15 is 0 Å². The molecular formula is C35H41N6O9PS. The predicted octanol–water partition coefficient (Wildman–Crippen LogP) is 4.80. The number of ether oxygens (including phenoxy) is 3. The molecule has 52 heavy (non-hydrogen) atoms. The van der Waals surface area contributed by atoms with Crippen LogP contribution in [-0.2, 0) is 23.4 Å². The second-order valence-electron chi connectivity index (χ2n) is 12.4. The molecule has 1 fully saturated rings. The van der Waals surface area contributed by atoms with E-state index in [1.807, 2.05) is 66.9 Å². The van der Waals surface area contributed by atoms with Crippen molar-refractivity contribution in [1.82, 2.24) is 24.6 Å². The van der Waals surface area contributed by atoms with Gasteiger partial charge in [-0.3, -0.25) is 13.9 Å². The van der Waals surface area contributed by atoms with Crippen LogP contribution >= 0.6 is 19.5 Å². The van der Waals surface area contributed by atoms with Crippen LogP contribution < -0.4 is 20.1 Å². The topological polar surface area (TPSA) is 202 Å². The minimum atomic E-state index is -4.47. The molecule has 2 unspecified atom stereocenters. The van der Waals surface area contributed by atoms with Gasteiger partial charge in [0.15, 0.2) is 17.4 Å². The number of imidazole rings is 1. The van der Waals surface area contributed by atoms with Crippen molar-refractivity contribution in [3.63, 3.8) is 0 Å². The molecule has 2 aromatic heterocycles. The SMILES string of the molecule is COc1nc(N)nc2c1ncn2C1O[C@H](COP(=O)(N[C@@H](CCSC)C(=O)O[C@@H](C)c2ccccc2)Oc2cccc3ccccc23)[C@@H](O)[C@@]1(C)O. The lowest BCUT2D eigenvalue weighted by Crippen LogP contribution is -2.44. The number of aliphatic hydroxyl groups is 2. The Hall–Kier alpha value is -4.28. The van der Waals surface area contributed by atoms with E-state index in [0.717, 1.165) is 10.9 Å². The average molecular weight is 753 g/mol. The van der Waals surface area contributed by atoms with Crippen molar-refractivity contribution in [2.45, 2.75) is 56.5 Å². The first kappa shape index (κ1) is 37.5. The number of nitrogen functional groups attached to an aromatic ring is 1. The third-order valence-electron chi connectivity index (χ3n) is 8.76. The molecule has 7 atom stereocenters. The number of nitrogens with zero attached hydrogens (tertiary/aromatic N) is 4. The predicted molar refractivity (Wildman–Crippen MR) is 196 cm³/mol.